The van der Waals surface area contributed by atoms with Crippen LogP contribution < -0.4 is 5.32 Å². The van der Waals surface area contributed by atoms with Crippen molar-refractivity contribution < 1.29 is 4.74 Å². The fourth-order valence-electron chi connectivity index (χ4n) is 1.32. The van der Waals surface area contributed by atoms with Gasteiger partial charge in [-0.15, -0.1) is 0 Å². The standard InChI is InChI=1S/C13H20N2O/c1-11(2)10-16-8-7-14-9-13-5-4-6-15-12(13)3/h4-6,14H,1,7-10H2,2-3H3. The number of aryl methyl sites for hydroxylation is 1. The number of hydrogen-bond donors (Lipinski definition) is 1. The molecule has 0 saturated heterocycles. The second kappa shape index (κ2) is 7.14. The molecule has 3 heteroatoms. The number of pyridine rings is 1. The van der Waals surface area contributed by atoms with E-state index in [4.69, 9.17) is 4.74 Å². The molecule has 0 atom stereocenters. The van der Waals surface area contributed by atoms with Gasteiger partial charge < -0.3 is 10.1 Å². The highest BCUT2D eigenvalue weighted by Crippen LogP contribution is 2.02. The lowest BCUT2D eigenvalue weighted by atomic mass is 10.2. The van der Waals surface area contributed by atoms with E-state index in [2.05, 4.69) is 22.9 Å². The molecule has 16 heavy (non-hydrogen) atoms. The monoisotopic (exact) mass is 220 g/mol. The Morgan fingerprint density at radius 2 is 2.38 bits per heavy atom. The van der Waals surface area contributed by atoms with Crippen molar-refractivity contribution in [3.63, 3.8) is 0 Å². The molecule has 0 radical (unpaired) electrons. The van der Waals surface area contributed by atoms with E-state index in [1.54, 1.807) is 0 Å². The van der Waals surface area contributed by atoms with E-state index in [1.807, 2.05) is 26.1 Å². The van der Waals surface area contributed by atoms with Gasteiger partial charge in [0.25, 0.3) is 0 Å². The summed E-state index contributed by atoms with van der Waals surface area (Å²) in [5, 5.41) is 3.32. The highest BCUT2D eigenvalue weighted by atomic mass is 16.5. The third kappa shape index (κ3) is 5.05. The molecular weight excluding hydrogens is 200 g/mol. The average Bonchev–Trinajstić information content (AvgIpc) is 2.25. The van der Waals surface area contributed by atoms with Crippen LogP contribution in [-0.2, 0) is 11.3 Å². The molecule has 1 rings (SSSR count). The van der Waals surface area contributed by atoms with Crippen molar-refractivity contribution >= 4 is 0 Å². The van der Waals surface area contributed by atoms with Crippen molar-refractivity contribution in [3.8, 4) is 0 Å². The van der Waals surface area contributed by atoms with Gasteiger partial charge in [0, 0.05) is 25.0 Å². The summed E-state index contributed by atoms with van der Waals surface area (Å²) in [5.74, 6) is 0. The zero-order chi connectivity index (χ0) is 11.8. The first-order chi connectivity index (χ1) is 7.70. The lowest BCUT2D eigenvalue weighted by Crippen LogP contribution is -2.20. The number of nitrogens with zero attached hydrogens (tertiary/aromatic N) is 1. The Kier molecular flexibility index (Phi) is 5.75. The van der Waals surface area contributed by atoms with Crippen LogP contribution >= 0.6 is 0 Å². The topological polar surface area (TPSA) is 34.1 Å². The molecule has 0 spiro atoms. The molecule has 1 N–H and O–H groups in total. The van der Waals surface area contributed by atoms with Gasteiger partial charge in [-0.3, -0.25) is 4.98 Å². The predicted octanol–water partition coefficient (Wildman–Crippen LogP) is 2.07. The third-order valence-corrected chi connectivity index (χ3v) is 2.20. The minimum Gasteiger partial charge on any atom is -0.376 e. The van der Waals surface area contributed by atoms with E-state index >= 15 is 0 Å². The van der Waals surface area contributed by atoms with E-state index in [1.165, 1.54) is 5.56 Å². The molecule has 0 aliphatic rings. The molecule has 0 aliphatic carbocycles. The van der Waals surface area contributed by atoms with Crippen LogP contribution in [0.1, 0.15) is 18.2 Å². The molecule has 0 aliphatic heterocycles. The van der Waals surface area contributed by atoms with Gasteiger partial charge >= 0.3 is 0 Å². The van der Waals surface area contributed by atoms with Crippen molar-refractivity contribution in [2.75, 3.05) is 19.8 Å². The van der Waals surface area contributed by atoms with Crippen LogP contribution in [0.15, 0.2) is 30.5 Å². The number of ether oxygens (including phenoxy) is 1. The molecule has 0 saturated carbocycles. The van der Waals surface area contributed by atoms with E-state index in [0.717, 1.165) is 24.4 Å². The van der Waals surface area contributed by atoms with Gasteiger partial charge in [0.2, 0.25) is 0 Å². The largest absolute Gasteiger partial charge is 0.376 e. The number of nitrogens with one attached hydrogen (secondary N) is 1. The van der Waals surface area contributed by atoms with Crippen LogP contribution in [0, 0.1) is 6.92 Å². The predicted molar refractivity (Wildman–Crippen MR) is 66.3 cm³/mol. The summed E-state index contributed by atoms with van der Waals surface area (Å²) >= 11 is 0. The maximum atomic E-state index is 5.39. The Morgan fingerprint density at radius 3 is 3.06 bits per heavy atom. The molecule has 0 bridgehead atoms. The third-order valence-electron chi connectivity index (χ3n) is 2.20. The Bertz CT molecular complexity index is 336. The van der Waals surface area contributed by atoms with Gasteiger partial charge in [0.1, 0.15) is 0 Å². The van der Waals surface area contributed by atoms with Gasteiger partial charge in [0.15, 0.2) is 0 Å². The summed E-state index contributed by atoms with van der Waals surface area (Å²) in [4.78, 5) is 4.23. The summed E-state index contributed by atoms with van der Waals surface area (Å²) in [6, 6.07) is 4.05. The summed E-state index contributed by atoms with van der Waals surface area (Å²) in [7, 11) is 0. The van der Waals surface area contributed by atoms with Crippen LogP contribution in [-0.4, -0.2) is 24.7 Å². The van der Waals surface area contributed by atoms with E-state index in [0.29, 0.717) is 13.2 Å². The summed E-state index contributed by atoms with van der Waals surface area (Å²) < 4.78 is 5.39. The molecule has 0 unspecified atom stereocenters. The minimum atomic E-state index is 0.646. The second-order valence-corrected chi connectivity index (χ2v) is 3.93. The van der Waals surface area contributed by atoms with Gasteiger partial charge in [-0.2, -0.15) is 0 Å². The minimum absolute atomic E-state index is 0.646. The van der Waals surface area contributed by atoms with E-state index in [9.17, 15) is 0 Å². The van der Waals surface area contributed by atoms with Crippen molar-refractivity contribution in [3.05, 3.63) is 41.7 Å². The first-order valence-corrected chi connectivity index (χ1v) is 5.53. The Labute approximate surface area is 97.5 Å². The van der Waals surface area contributed by atoms with Crippen molar-refractivity contribution in [1.29, 1.82) is 0 Å². The molecule has 88 valence electrons. The first kappa shape index (κ1) is 12.9. The van der Waals surface area contributed by atoms with Crippen molar-refractivity contribution in [1.82, 2.24) is 10.3 Å². The van der Waals surface area contributed by atoms with Gasteiger partial charge in [-0.1, -0.05) is 18.2 Å². The fraction of sp³-hybridized carbons (Fsp3) is 0.462. The normalized spacial score (nSPS) is 10.4. The molecule has 3 nitrogen and oxygen atoms in total. The lowest BCUT2D eigenvalue weighted by Gasteiger charge is -2.07. The summed E-state index contributed by atoms with van der Waals surface area (Å²) in [5.41, 5.74) is 3.38. The smallest absolute Gasteiger partial charge is 0.0672 e. The van der Waals surface area contributed by atoms with Crippen LogP contribution in [0.5, 0.6) is 0 Å². The summed E-state index contributed by atoms with van der Waals surface area (Å²) in [6.45, 7) is 10.8. The van der Waals surface area contributed by atoms with Crippen LogP contribution in [0.3, 0.4) is 0 Å². The maximum Gasteiger partial charge on any atom is 0.0672 e. The van der Waals surface area contributed by atoms with Crippen LogP contribution in [0.25, 0.3) is 0 Å². The molecule has 1 aromatic heterocycles. The Hall–Kier alpha value is -1.19. The lowest BCUT2D eigenvalue weighted by molar-refractivity contribution is 0.157. The zero-order valence-electron chi connectivity index (χ0n) is 10.1. The molecule has 0 fully saturated rings. The second-order valence-electron chi connectivity index (χ2n) is 3.93. The SMILES string of the molecule is C=C(C)COCCNCc1cccnc1C. The quantitative estimate of drug-likeness (QED) is 0.564. The molecule has 1 heterocycles. The van der Waals surface area contributed by atoms with Gasteiger partial charge in [-0.05, 0) is 25.5 Å². The maximum absolute atomic E-state index is 5.39. The molecular formula is C13H20N2O. The fourth-order valence-corrected chi connectivity index (χ4v) is 1.32. The molecule has 0 amide bonds. The van der Waals surface area contributed by atoms with E-state index < -0.39 is 0 Å². The first-order valence-electron chi connectivity index (χ1n) is 5.53. The zero-order valence-corrected chi connectivity index (χ0v) is 10.1. The highest BCUT2D eigenvalue weighted by Gasteiger charge is 1.96. The average molecular weight is 220 g/mol. The van der Waals surface area contributed by atoms with Gasteiger partial charge in [-0.25, -0.2) is 0 Å². The van der Waals surface area contributed by atoms with Crippen molar-refractivity contribution in [2.45, 2.75) is 20.4 Å². The van der Waals surface area contributed by atoms with E-state index in [-0.39, 0.29) is 0 Å². The van der Waals surface area contributed by atoms with Crippen LogP contribution in [0.4, 0.5) is 0 Å². The number of rotatable bonds is 7. The Balaban J connectivity index is 2.12. The molecule has 1 aromatic rings. The van der Waals surface area contributed by atoms with Gasteiger partial charge in [0.05, 0.1) is 13.2 Å². The van der Waals surface area contributed by atoms with Crippen molar-refractivity contribution in [2.24, 2.45) is 0 Å². The van der Waals surface area contributed by atoms with Crippen LogP contribution in [0.2, 0.25) is 0 Å². The summed E-state index contributed by atoms with van der Waals surface area (Å²) in [6.07, 6.45) is 1.81. The number of hydrogen-bond acceptors (Lipinski definition) is 3. The number of aromatic nitrogens is 1. The Morgan fingerprint density at radius 1 is 1.56 bits per heavy atom. The highest BCUT2D eigenvalue weighted by molar-refractivity contribution is 5.17. The molecule has 0 aromatic carbocycles.